The summed E-state index contributed by atoms with van der Waals surface area (Å²) >= 11 is 0. The molecule has 3 heteroatoms. The first-order chi connectivity index (χ1) is 7.18. The lowest BCUT2D eigenvalue weighted by molar-refractivity contribution is 0.0164. The van der Waals surface area contributed by atoms with E-state index in [1.807, 2.05) is 0 Å². The van der Waals surface area contributed by atoms with Gasteiger partial charge in [0.1, 0.15) is 0 Å². The maximum Gasteiger partial charge on any atom is 0.0715 e. The molecule has 0 amide bonds. The number of likely N-dealkylation sites (N-methyl/N-ethyl adjacent to an activating group) is 2. The molecule has 0 aromatic carbocycles. The first-order valence-electron chi connectivity index (χ1n) is 6.25. The molecule has 0 radical (unpaired) electrons. The SMILES string of the molecule is CCN(CC(O)C(C)(C)C)C(C)CN(C)C. The Morgan fingerprint density at radius 1 is 1.12 bits per heavy atom. The van der Waals surface area contributed by atoms with Crippen molar-refractivity contribution in [2.24, 2.45) is 5.41 Å². The second-order valence-corrected chi connectivity index (χ2v) is 6.08. The highest BCUT2D eigenvalue weighted by atomic mass is 16.3. The largest absolute Gasteiger partial charge is 0.391 e. The van der Waals surface area contributed by atoms with Crippen LogP contribution in [0.3, 0.4) is 0 Å². The molecule has 0 aromatic heterocycles. The van der Waals surface area contributed by atoms with Crippen LogP contribution in [0.25, 0.3) is 0 Å². The van der Waals surface area contributed by atoms with Crippen LogP contribution in [0.15, 0.2) is 0 Å². The number of aliphatic hydroxyl groups is 1. The van der Waals surface area contributed by atoms with Crippen LogP contribution < -0.4 is 0 Å². The third-order valence-corrected chi connectivity index (χ3v) is 3.07. The Hall–Kier alpha value is -0.120. The number of rotatable bonds is 6. The molecule has 1 N–H and O–H groups in total. The highest BCUT2D eigenvalue weighted by Gasteiger charge is 2.25. The average Bonchev–Trinajstić information content (AvgIpc) is 2.10. The van der Waals surface area contributed by atoms with Gasteiger partial charge in [-0.25, -0.2) is 0 Å². The lowest BCUT2D eigenvalue weighted by atomic mass is 9.88. The zero-order chi connectivity index (χ0) is 12.9. The van der Waals surface area contributed by atoms with E-state index in [0.717, 1.165) is 19.6 Å². The molecule has 2 atom stereocenters. The van der Waals surface area contributed by atoms with Gasteiger partial charge in [-0.05, 0) is 33.0 Å². The Morgan fingerprint density at radius 2 is 1.62 bits per heavy atom. The number of nitrogens with zero attached hydrogens (tertiary/aromatic N) is 2. The van der Waals surface area contributed by atoms with Gasteiger partial charge in [-0.1, -0.05) is 27.7 Å². The van der Waals surface area contributed by atoms with Gasteiger partial charge in [-0.3, -0.25) is 4.90 Å². The van der Waals surface area contributed by atoms with Crippen molar-refractivity contribution in [3.63, 3.8) is 0 Å². The molecule has 0 bridgehead atoms. The minimum atomic E-state index is -0.267. The number of hydrogen-bond acceptors (Lipinski definition) is 3. The van der Waals surface area contributed by atoms with Gasteiger partial charge in [-0.15, -0.1) is 0 Å². The summed E-state index contributed by atoms with van der Waals surface area (Å²) in [6.45, 7) is 13.4. The van der Waals surface area contributed by atoms with E-state index in [1.54, 1.807) is 0 Å². The predicted octanol–water partition coefficient (Wildman–Crippen LogP) is 1.67. The lowest BCUT2D eigenvalue weighted by Gasteiger charge is -2.35. The van der Waals surface area contributed by atoms with Crippen LogP contribution in [0.2, 0.25) is 0 Å². The van der Waals surface area contributed by atoms with Crippen molar-refractivity contribution in [3.8, 4) is 0 Å². The van der Waals surface area contributed by atoms with Crippen molar-refractivity contribution < 1.29 is 5.11 Å². The van der Waals surface area contributed by atoms with Crippen LogP contribution in [-0.2, 0) is 0 Å². The first kappa shape index (κ1) is 15.9. The average molecular weight is 230 g/mol. The summed E-state index contributed by atoms with van der Waals surface area (Å²) in [5.74, 6) is 0. The number of aliphatic hydroxyl groups excluding tert-OH is 1. The van der Waals surface area contributed by atoms with E-state index in [0.29, 0.717) is 6.04 Å². The Bertz CT molecular complexity index is 187. The van der Waals surface area contributed by atoms with E-state index < -0.39 is 0 Å². The van der Waals surface area contributed by atoms with Gasteiger partial charge in [0.05, 0.1) is 6.10 Å². The molecule has 16 heavy (non-hydrogen) atoms. The van der Waals surface area contributed by atoms with Gasteiger partial charge in [0, 0.05) is 19.1 Å². The molecule has 0 fully saturated rings. The molecule has 0 rings (SSSR count). The summed E-state index contributed by atoms with van der Waals surface area (Å²) in [7, 11) is 4.18. The highest BCUT2D eigenvalue weighted by Crippen LogP contribution is 2.20. The van der Waals surface area contributed by atoms with Crippen molar-refractivity contribution in [2.45, 2.75) is 46.8 Å². The normalized spacial score (nSPS) is 16.9. The van der Waals surface area contributed by atoms with Crippen LogP contribution in [0, 0.1) is 5.41 Å². The topological polar surface area (TPSA) is 26.7 Å². The summed E-state index contributed by atoms with van der Waals surface area (Å²) in [6.07, 6.45) is -0.267. The fourth-order valence-corrected chi connectivity index (χ4v) is 1.76. The Kier molecular flexibility index (Phi) is 6.53. The van der Waals surface area contributed by atoms with E-state index >= 15 is 0 Å². The predicted molar refractivity (Wildman–Crippen MR) is 70.7 cm³/mol. The lowest BCUT2D eigenvalue weighted by Crippen LogP contribution is -2.46. The van der Waals surface area contributed by atoms with Gasteiger partial charge >= 0.3 is 0 Å². The molecular weight excluding hydrogens is 200 g/mol. The van der Waals surface area contributed by atoms with Crippen LogP contribution in [0.1, 0.15) is 34.6 Å². The van der Waals surface area contributed by atoms with Gasteiger partial charge in [-0.2, -0.15) is 0 Å². The molecule has 0 saturated carbocycles. The maximum atomic E-state index is 10.1. The fraction of sp³-hybridized carbons (Fsp3) is 1.00. The van der Waals surface area contributed by atoms with E-state index in [9.17, 15) is 5.11 Å². The molecule has 0 aliphatic carbocycles. The summed E-state index contributed by atoms with van der Waals surface area (Å²) in [6, 6.07) is 0.483. The third kappa shape index (κ3) is 5.83. The van der Waals surface area contributed by atoms with E-state index in [1.165, 1.54) is 0 Å². The van der Waals surface area contributed by atoms with Crippen molar-refractivity contribution in [1.82, 2.24) is 9.80 Å². The van der Waals surface area contributed by atoms with Crippen molar-refractivity contribution in [2.75, 3.05) is 33.7 Å². The zero-order valence-corrected chi connectivity index (χ0v) is 12.1. The molecule has 98 valence electrons. The van der Waals surface area contributed by atoms with Gasteiger partial charge in [0.15, 0.2) is 0 Å². The van der Waals surface area contributed by atoms with Crippen LogP contribution in [0.5, 0.6) is 0 Å². The molecule has 0 saturated heterocycles. The molecule has 0 heterocycles. The van der Waals surface area contributed by atoms with Crippen LogP contribution in [0.4, 0.5) is 0 Å². The van der Waals surface area contributed by atoms with E-state index in [4.69, 9.17) is 0 Å². The molecule has 3 nitrogen and oxygen atoms in total. The first-order valence-corrected chi connectivity index (χ1v) is 6.25. The fourth-order valence-electron chi connectivity index (χ4n) is 1.76. The molecule has 0 spiro atoms. The second kappa shape index (κ2) is 6.58. The monoisotopic (exact) mass is 230 g/mol. The summed E-state index contributed by atoms with van der Waals surface area (Å²) in [4.78, 5) is 4.53. The summed E-state index contributed by atoms with van der Waals surface area (Å²) in [5.41, 5.74) is -0.0365. The smallest absolute Gasteiger partial charge is 0.0715 e. The minimum Gasteiger partial charge on any atom is -0.391 e. The zero-order valence-electron chi connectivity index (χ0n) is 12.1. The van der Waals surface area contributed by atoms with Gasteiger partial charge in [0.2, 0.25) is 0 Å². The molecule has 0 aliphatic rings. The minimum absolute atomic E-state index is 0.0365. The quantitative estimate of drug-likeness (QED) is 0.752. The molecule has 0 aliphatic heterocycles. The van der Waals surface area contributed by atoms with Gasteiger partial charge < -0.3 is 10.0 Å². The number of hydrogen-bond donors (Lipinski definition) is 1. The highest BCUT2D eigenvalue weighted by molar-refractivity contribution is 4.79. The Morgan fingerprint density at radius 3 is 1.94 bits per heavy atom. The van der Waals surface area contributed by atoms with Gasteiger partial charge in [0.25, 0.3) is 0 Å². The van der Waals surface area contributed by atoms with Crippen LogP contribution in [-0.4, -0.2) is 60.8 Å². The third-order valence-electron chi connectivity index (χ3n) is 3.07. The Labute approximate surface area is 101 Å². The maximum absolute atomic E-state index is 10.1. The molecule has 2 unspecified atom stereocenters. The molecule has 0 aromatic rings. The standard InChI is InChI=1S/C13H30N2O/c1-8-15(11(2)9-14(6)7)10-12(16)13(3,4)5/h11-12,16H,8-10H2,1-7H3. The summed E-state index contributed by atoms with van der Waals surface area (Å²) < 4.78 is 0. The summed E-state index contributed by atoms with van der Waals surface area (Å²) in [5, 5.41) is 10.1. The van der Waals surface area contributed by atoms with E-state index in [-0.39, 0.29) is 11.5 Å². The Balaban J connectivity index is 4.29. The van der Waals surface area contributed by atoms with Crippen molar-refractivity contribution >= 4 is 0 Å². The van der Waals surface area contributed by atoms with Crippen molar-refractivity contribution in [1.29, 1.82) is 0 Å². The second-order valence-electron chi connectivity index (χ2n) is 6.08. The molecular formula is C13H30N2O. The van der Waals surface area contributed by atoms with Crippen LogP contribution >= 0.6 is 0 Å². The van der Waals surface area contributed by atoms with Crippen molar-refractivity contribution in [3.05, 3.63) is 0 Å². The van der Waals surface area contributed by atoms with E-state index in [2.05, 4.69) is 58.5 Å².